The van der Waals surface area contributed by atoms with Crippen LogP contribution in [0.4, 0.5) is 0 Å². The van der Waals surface area contributed by atoms with E-state index in [2.05, 4.69) is 263 Å². The van der Waals surface area contributed by atoms with Gasteiger partial charge in [-0.1, -0.05) is 238 Å². The third kappa shape index (κ3) is 6.58. The normalized spacial score (nSPS) is 16.1. The Morgan fingerprint density at radius 1 is 0.357 bits per heavy atom. The molecule has 0 N–H and O–H groups in total. The topological polar surface area (TPSA) is 0 Å². The predicted octanol–water partition coefficient (Wildman–Crippen LogP) is 19.2. The molecule has 0 heteroatoms. The number of hydrogen-bond acceptors (Lipinski definition) is 0. The lowest BCUT2D eigenvalue weighted by Crippen LogP contribution is -2.28. The van der Waals surface area contributed by atoms with Crippen LogP contribution >= 0.6 is 0 Å². The van der Waals surface area contributed by atoms with Gasteiger partial charge in [-0.15, -0.1) is 0 Å². The molecule has 0 amide bonds. The van der Waals surface area contributed by atoms with E-state index in [9.17, 15) is 0 Å². The highest BCUT2D eigenvalue weighted by Gasteiger charge is 2.45. The van der Waals surface area contributed by atoms with Crippen LogP contribution < -0.4 is 0 Å². The van der Waals surface area contributed by atoms with Crippen molar-refractivity contribution in [2.45, 2.75) is 32.1 Å². The van der Waals surface area contributed by atoms with Crippen molar-refractivity contribution < 1.29 is 0 Å². The molecule has 332 valence electrons. The molecule has 11 aromatic rings. The lowest BCUT2D eigenvalue weighted by atomic mass is 9.67. The van der Waals surface area contributed by atoms with E-state index in [-0.39, 0.29) is 5.41 Å². The Bertz CT molecular complexity index is 3790. The van der Waals surface area contributed by atoms with E-state index in [0.717, 1.165) is 12.8 Å². The van der Waals surface area contributed by atoms with Crippen LogP contribution in [0.5, 0.6) is 0 Å². The summed E-state index contributed by atoms with van der Waals surface area (Å²) in [7, 11) is 0. The van der Waals surface area contributed by atoms with Gasteiger partial charge in [-0.3, -0.25) is 0 Å². The van der Waals surface area contributed by atoms with E-state index in [4.69, 9.17) is 0 Å². The zero-order valence-corrected chi connectivity index (χ0v) is 39.7. The van der Waals surface area contributed by atoms with Gasteiger partial charge in [-0.05, 0) is 170 Å². The number of fused-ring (bicyclic) bond motifs is 6. The summed E-state index contributed by atoms with van der Waals surface area (Å²) in [6.45, 7) is 4.77. The molecular formula is C70H52. The molecule has 0 heterocycles. The Morgan fingerprint density at radius 3 is 1.41 bits per heavy atom. The van der Waals surface area contributed by atoms with Gasteiger partial charge in [0.1, 0.15) is 0 Å². The van der Waals surface area contributed by atoms with Gasteiger partial charge in [0.05, 0.1) is 0 Å². The molecule has 2 atom stereocenters. The van der Waals surface area contributed by atoms with E-state index in [1.807, 2.05) is 0 Å². The second-order valence-corrected chi connectivity index (χ2v) is 19.4. The second kappa shape index (κ2) is 17.0. The summed E-state index contributed by atoms with van der Waals surface area (Å²) in [5.41, 5.74) is 21.7. The summed E-state index contributed by atoms with van der Waals surface area (Å²) < 4.78 is 0. The molecule has 2 aliphatic carbocycles. The maximum absolute atomic E-state index is 2.57. The third-order valence-electron chi connectivity index (χ3n) is 15.7. The Labute approximate surface area is 411 Å². The molecule has 0 saturated carbocycles. The fourth-order valence-corrected chi connectivity index (χ4v) is 12.5. The summed E-state index contributed by atoms with van der Waals surface area (Å²) in [5, 5.41) is 7.53. The van der Waals surface area contributed by atoms with Crippen LogP contribution in [0.25, 0.3) is 105 Å². The van der Waals surface area contributed by atoms with Gasteiger partial charge in [0.2, 0.25) is 0 Å². The molecule has 70 heavy (non-hydrogen) atoms. The fourth-order valence-electron chi connectivity index (χ4n) is 12.5. The SMILES string of the molecule is CCC1(c2ccccc2C2=CC=CCC2C)c2ccccc2-c2ccc(-c3c4ccccc4c(-c4ccc(-c5cc(-c6ccccc6)cc(-c6ccccc6)c5)c5ccccc45)c4ccccc34)cc21. The van der Waals surface area contributed by atoms with Gasteiger partial charge < -0.3 is 0 Å². The van der Waals surface area contributed by atoms with Crippen molar-refractivity contribution in [3.05, 3.63) is 271 Å². The molecule has 0 aliphatic heterocycles. The van der Waals surface area contributed by atoms with Gasteiger partial charge >= 0.3 is 0 Å². The van der Waals surface area contributed by atoms with Crippen LogP contribution in [0.15, 0.2) is 249 Å². The van der Waals surface area contributed by atoms with Crippen LogP contribution in [0.2, 0.25) is 0 Å². The monoisotopic (exact) mass is 892 g/mol. The van der Waals surface area contributed by atoms with Crippen molar-refractivity contribution in [1.29, 1.82) is 0 Å². The van der Waals surface area contributed by atoms with Gasteiger partial charge in [-0.2, -0.15) is 0 Å². The Kier molecular flexibility index (Phi) is 10.2. The van der Waals surface area contributed by atoms with E-state index in [1.54, 1.807) is 0 Å². The summed E-state index contributed by atoms with van der Waals surface area (Å²) in [6.07, 6.45) is 8.93. The zero-order chi connectivity index (χ0) is 46.8. The third-order valence-corrected chi connectivity index (χ3v) is 15.7. The first-order valence-electron chi connectivity index (χ1n) is 25.0. The van der Waals surface area contributed by atoms with Gasteiger partial charge in [0, 0.05) is 5.41 Å². The van der Waals surface area contributed by atoms with Crippen molar-refractivity contribution in [2.24, 2.45) is 5.92 Å². The molecular weight excluding hydrogens is 841 g/mol. The minimum atomic E-state index is -0.324. The Hall–Kier alpha value is -8.32. The second-order valence-electron chi connectivity index (χ2n) is 19.4. The quantitative estimate of drug-likeness (QED) is 0.133. The summed E-state index contributed by atoms with van der Waals surface area (Å²) in [5.74, 6) is 0.449. The van der Waals surface area contributed by atoms with Crippen LogP contribution in [-0.4, -0.2) is 0 Å². The highest BCUT2D eigenvalue weighted by Crippen LogP contribution is 2.57. The highest BCUT2D eigenvalue weighted by molar-refractivity contribution is 6.24. The first-order valence-corrected chi connectivity index (χ1v) is 25.0. The van der Waals surface area contributed by atoms with Crippen LogP contribution in [-0.2, 0) is 5.41 Å². The zero-order valence-electron chi connectivity index (χ0n) is 39.7. The first-order chi connectivity index (χ1) is 34.6. The Balaban J connectivity index is 1.02. The molecule has 0 aromatic heterocycles. The molecule has 13 rings (SSSR count). The average Bonchev–Trinajstić information content (AvgIpc) is 3.72. The van der Waals surface area contributed by atoms with E-state index < -0.39 is 0 Å². The molecule has 0 bridgehead atoms. The molecule has 2 unspecified atom stereocenters. The summed E-state index contributed by atoms with van der Waals surface area (Å²) >= 11 is 0. The molecule has 0 spiro atoms. The highest BCUT2D eigenvalue weighted by atomic mass is 14.5. The lowest BCUT2D eigenvalue weighted by molar-refractivity contribution is 0.606. The molecule has 2 aliphatic rings. The molecule has 0 saturated heterocycles. The summed E-state index contributed by atoms with van der Waals surface area (Å²) in [4.78, 5) is 0. The van der Waals surface area contributed by atoms with E-state index in [1.165, 1.54) is 127 Å². The molecule has 11 aromatic carbocycles. The molecule has 0 nitrogen and oxygen atoms in total. The van der Waals surface area contributed by atoms with E-state index in [0.29, 0.717) is 5.92 Å². The van der Waals surface area contributed by atoms with Gasteiger partial charge in [0.15, 0.2) is 0 Å². The smallest absolute Gasteiger partial charge is 0.0467 e. The van der Waals surface area contributed by atoms with Crippen LogP contribution in [0.1, 0.15) is 48.9 Å². The first kappa shape index (κ1) is 41.8. The minimum absolute atomic E-state index is 0.324. The summed E-state index contributed by atoms with van der Waals surface area (Å²) in [6, 6.07) is 86.6. The number of allylic oxidation sites excluding steroid dienone is 4. The minimum Gasteiger partial charge on any atom is -0.0839 e. The van der Waals surface area contributed by atoms with Crippen molar-refractivity contribution in [3.63, 3.8) is 0 Å². The standard InChI is InChI=1S/C70H52/c1-3-70(65-36-20-18-30-57(65)53-27-11-10-22-46(53)2)66-37-21-19-31-58(66)59-39-38-49(45-67(59)70)68-60-32-14-16-34-62(60)69(63-35-17-15-33-61(63)68)64-41-40-54(55-28-12-13-29-56(55)64)52-43-50(47-23-6-4-7-24-47)42-51(44-52)48-25-8-5-9-26-48/h4-21,23-46H,3,22H2,1-2H3. The predicted molar refractivity (Wildman–Crippen MR) is 299 cm³/mol. The maximum Gasteiger partial charge on any atom is 0.0467 e. The van der Waals surface area contributed by atoms with Crippen molar-refractivity contribution in [3.8, 4) is 66.8 Å². The van der Waals surface area contributed by atoms with Crippen molar-refractivity contribution >= 4 is 37.9 Å². The van der Waals surface area contributed by atoms with Crippen LogP contribution in [0.3, 0.4) is 0 Å². The lowest BCUT2D eigenvalue weighted by Gasteiger charge is -2.35. The maximum atomic E-state index is 2.57. The van der Waals surface area contributed by atoms with Gasteiger partial charge in [-0.25, -0.2) is 0 Å². The van der Waals surface area contributed by atoms with Gasteiger partial charge in [0.25, 0.3) is 0 Å². The molecule has 0 radical (unpaired) electrons. The molecule has 0 fully saturated rings. The number of hydrogen-bond donors (Lipinski definition) is 0. The van der Waals surface area contributed by atoms with Crippen LogP contribution in [0, 0.1) is 5.92 Å². The Morgan fingerprint density at radius 2 is 0.814 bits per heavy atom. The fraction of sp³-hybridized carbons (Fsp3) is 0.0857. The van der Waals surface area contributed by atoms with Crippen molar-refractivity contribution in [2.75, 3.05) is 0 Å². The van der Waals surface area contributed by atoms with Crippen molar-refractivity contribution in [1.82, 2.24) is 0 Å². The number of benzene rings is 11. The van der Waals surface area contributed by atoms with E-state index >= 15 is 0 Å². The number of rotatable bonds is 8. The largest absolute Gasteiger partial charge is 0.0839 e. The average molecular weight is 893 g/mol.